The van der Waals surface area contributed by atoms with E-state index in [1.54, 1.807) is 42.1 Å². The van der Waals surface area contributed by atoms with Crippen molar-refractivity contribution in [1.29, 1.82) is 0 Å². The van der Waals surface area contributed by atoms with Gasteiger partial charge >= 0.3 is 5.97 Å². The van der Waals surface area contributed by atoms with E-state index in [4.69, 9.17) is 21.4 Å². The van der Waals surface area contributed by atoms with Crippen LogP contribution in [0.2, 0.25) is 5.02 Å². The van der Waals surface area contributed by atoms with Crippen molar-refractivity contribution in [3.05, 3.63) is 77.3 Å². The van der Waals surface area contributed by atoms with Crippen LogP contribution in [0.25, 0.3) is 11.1 Å². The van der Waals surface area contributed by atoms with Crippen LogP contribution in [0.15, 0.2) is 76.5 Å². The normalized spacial score (nSPS) is 11.5. The summed E-state index contributed by atoms with van der Waals surface area (Å²) in [5, 5.41) is 9.42. The van der Waals surface area contributed by atoms with Crippen LogP contribution in [-0.4, -0.2) is 49.2 Å². The number of rotatable bonds is 12. The van der Waals surface area contributed by atoms with Crippen LogP contribution < -0.4 is 4.74 Å². The molecule has 1 N–H and O–H groups in total. The number of halogens is 1. The first kappa shape index (κ1) is 27.1. The zero-order valence-corrected chi connectivity index (χ0v) is 22.0. The van der Waals surface area contributed by atoms with Gasteiger partial charge in [-0.2, -0.15) is 4.31 Å². The van der Waals surface area contributed by atoms with E-state index in [9.17, 15) is 13.2 Å². The molecule has 9 heteroatoms. The zero-order chi connectivity index (χ0) is 25.4. The Balaban J connectivity index is 1.65. The summed E-state index contributed by atoms with van der Waals surface area (Å²) in [5.41, 5.74) is 2.72. The maximum Gasteiger partial charge on any atom is 0.341 e. The molecular formula is C26H28ClNO5S2. The number of ether oxygens (including phenoxy) is 1. The van der Waals surface area contributed by atoms with Crippen molar-refractivity contribution in [3.8, 4) is 16.9 Å². The lowest BCUT2D eigenvalue weighted by atomic mass is 10.1. The first-order valence-corrected chi connectivity index (χ1v) is 13.9. The largest absolute Gasteiger partial charge is 0.482 e. The fraction of sp³-hybridized carbons (Fsp3) is 0.269. The molecule has 0 aliphatic heterocycles. The molecule has 0 atom stereocenters. The van der Waals surface area contributed by atoms with Gasteiger partial charge in [-0.15, -0.1) is 11.8 Å². The molecule has 0 amide bonds. The van der Waals surface area contributed by atoms with Crippen LogP contribution >= 0.6 is 23.4 Å². The van der Waals surface area contributed by atoms with Crippen molar-refractivity contribution in [2.24, 2.45) is 0 Å². The van der Waals surface area contributed by atoms with Gasteiger partial charge in [0.1, 0.15) is 5.75 Å². The molecule has 0 aliphatic carbocycles. The molecule has 3 aromatic carbocycles. The van der Waals surface area contributed by atoms with Crippen molar-refractivity contribution in [3.63, 3.8) is 0 Å². The lowest BCUT2D eigenvalue weighted by Gasteiger charge is -2.22. The minimum absolute atomic E-state index is 0.268. The SMILES string of the molecule is CCCN(CCSc1ccc(OCC(=O)O)c(C)c1)S(=O)(=O)c1ccc(-c2ccc(Cl)cc2)cc1. The molecule has 0 aliphatic rings. The maximum absolute atomic E-state index is 13.3. The molecule has 3 rings (SSSR count). The highest BCUT2D eigenvalue weighted by Gasteiger charge is 2.23. The Bertz CT molecular complexity index is 1250. The van der Waals surface area contributed by atoms with Crippen molar-refractivity contribution >= 4 is 39.4 Å². The Morgan fingerprint density at radius 3 is 2.20 bits per heavy atom. The van der Waals surface area contributed by atoms with Gasteiger partial charge < -0.3 is 9.84 Å². The van der Waals surface area contributed by atoms with Crippen LogP contribution in [0.1, 0.15) is 18.9 Å². The number of nitrogens with zero attached hydrogens (tertiary/aromatic N) is 1. The van der Waals surface area contributed by atoms with Crippen molar-refractivity contribution in [2.75, 3.05) is 25.4 Å². The number of aryl methyl sites for hydroxylation is 1. The Morgan fingerprint density at radius 1 is 1.00 bits per heavy atom. The van der Waals surface area contributed by atoms with Gasteiger partial charge in [0.25, 0.3) is 0 Å². The Labute approximate surface area is 215 Å². The molecule has 0 saturated heterocycles. The molecule has 0 unspecified atom stereocenters. The number of carbonyl (C=O) groups is 1. The van der Waals surface area contributed by atoms with Gasteiger partial charge in [0.15, 0.2) is 6.61 Å². The quantitative estimate of drug-likeness (QED) is 0.289. The number of aliphatic carboxylic acids is 1. The lowest BCUT2D eigenvalue weighted by Crippen LogP contribution is -2.33. The lowest BCUT2D eigenvalue weighted by molar-refractivity contribution is -0.139. The number of benzene rings is 3. The number of carboxylic acid groups (broad SMARTS) is 1. The van der Waals surface area contributed by atoms with Gasteiger partial charge in [0.05, 0.1) is 4.90 Å². The molecule has 3 aromatic rings. The van der Waals surface area contributed by atoms with Crippen LogP contribution in [-0.2, 0) is 14.8 Å². The van der Waals surface area contributed by atoms with E-state index >= 15 is 0 Å². The molecule has 186 valence electrons. The second kappa shape index (κ2) is 12.4. The van der Waals surface area contributed by atoms with E-state index in [0.29, 0.717) is 36.0 Å². The van der Waals surface area contributed by atoms with Gasteiger partial charge in [-0.3, -0.25) is 0 Å². The highest BCUT2D eigenvalue weighted by Crippen LogP contribution is 2.27. The summed E-state index contributed by atoms with van der Waals surface area (Å²) >= 11 is 7.50. The molecule has 0 saturated carbocycles. The predicted octanol–water partition coefficient (Wildman–Crippen LogP) is 5.97. The average molecular weight is 534 g/mol. The van der Waals surface area contributed by atoms with E-state index in [-0.39, 0.29) is 4.90 Å². The summed E-state index contributed by atoms with van der Waals surface area (Å²) in [7, 11) is -3.63. The Kier molecular flexibility index (Phi) is 9.63. The third kappa shape index (κ3) is 7.48. The van der Waals surface area contributed by atoms with Crippen LogP contribution in [0.4, 0.5) is 0 Å². The number of carboxylic acids is 1. The fourth-order valence-electron chi connectivity index (χ4n) is 3.49. The fourth-order valence-corrected chi connectivity index (χ4v) is 6.24. The van der Waals surface area contributed by atoms with Crippen molar-refractivity contribution in [1.82, 2.24) is 4.31 Å². The number of hydrogen-bond donors (Lipinski definition) is 1. The Morgan fingerprint density at radius 2 is 1.63 bits per heavy atom. The average Bonchev–Trinajstić information content (AvgIpc) is 2.83. The maximum atomic E-state index is 13.3. The molecular weight excluding hydrogens is 506 g/mol. The summed E-state index contributed by atoms with van der Waals surface area (Å²) in [6.45, 7) is 4.22. The van der Waals surface area contributed by atoms with E-state index in [2.05, 4.69) is 0 Å². The van der Waals surface area contributed by atoms with Gasteiger partial charge in [0, 0.05) is 28.8 Å². The van der Waals surface area contributed by atoms with Crippen LogP contribution in [0.3, 0.4) is 0 Å². The Hall–Kier alpha value is -2.52. The molecule has 0 radical (unpaired) electrons. The summed E-state index contributed by atoms with van der Waals surface area (Å²) in [5.74, 6) is 0.0744. The monoisotopic (exact) mass is 533 g/mol. The molecule has 0 aromatic heterocycles. The molecule has 0 heterocycles. The zero-order valence-electron chi connectivity index (χ0n) is 19.6. The topological polar surface area (TPSA) is 83.9 Å². The van der Waals surface area contributed by atoms with Gasteiger partial charge in [-0.05, 0) is 72.5 Å². The van der Waals surface area contributed by atoms with E-state index < -0.39 is 22.6 Å². The van der Waals surface area contributed by atoms with Gasteiger partial charge in [0.2, 0.25) is 10.0 Å². The minimum atomic E-state index is -3.63. The van der Waals surface area contributed by atoms with E-state index in [1.807, 2.05) is 50.2 Å². The van der Waals surface area contributed by atoms with Crippen molar-refractivity contribution in [2.45, 2.75) is 30.1 Å². The van der Waals surface area contributed by atoms with E-state index in [0.717, 1.165) is 21.6 Å². The molecule has 6 nitrogen and oxygen atoms in total. The summed E-state index contributed by atoms with van der Waals surface area (Å²) in [6, 6.07) is 19.8. The second-order valence-electron chi connectivity index (χ2n) is 7.89. The summed E-state index contributed by atoms with van der Waals surface area (Å²) in [6.07, 6.45) is 0.710. The number of hydrogen-bond acceptors (Lipinski definition) is 5. The summed E-state index contributed by atoms with van der Waals surface area (Å²) in [4.78, 5) is 11.9. The minimum Gasteiger partial charge on any atom is -0.482 e. The van der Waals surface area contributed by atoms with Gasteiger partial charge in [-0.1, -0.05) is 42.8 Å². The number of thioether (sulfide) groups is 1. The third-order valence-corrected chi connectivity index (χ3v) is 8.39. The first-order chi connectivity index (χ1) is 16.7. The van der Waals surface area contributed by atoms with Crippen LogP contribution in [0, 0.1) is 6.92 Å². The smallest absolute Gasteiger partial charge is 0.341 e. The molecule has 0 spiro atoms. The third-order valence-electron chi connectivity index (χ3n) is 5.25. The molecule has 0 fully saturated rings. The second-order valence-corrected chi connectivity index (χ2v) is 11.4. The van der Waals surface area contributed by atoms with Gasteiger partial charge in [-0.25, -0.2) is 13.2 Å². The standard InChI is InChI=1S/C26H28ClNO5S2/c1-3-14-28(15-16-34-23-10-13-25(19(2)17-23)33-18-26(29)30)35(31,32)24-11-6-21(7-12-24)20-4-8-22(27)9-5-20/h4-13,17H,3,14-16,18H2,1-2H3,(H,29,30). The summed E-state index contributed by atoms with van der Waals surface area (Å²) < 4.78 is 33.4. The van der Waals surface area contributed by atoms with Crippen LogP contribution in [0.5, 0.6) is 5.75 Å². The van der Waals surface area contributed by atoms with E-state index in [1.165, 1.54) is 4.31 Å². The van der Waals surface area contributed by atoms with Crippen molar-refractivity contribution < 1.29 is 23.1 Å². The predicted molar refractivity (Wildman–Crippen MR) is 141 cm³/mol. The molecule has 0 bridgehead atoms. The number of sulfonamides is 1. The molecule has 35 heavy (non-hydrogen) atoms. The highest BCUT2D eigenvalue weighted by atomic mass is 35.5. The highest BCUT2D eigenvalue weighted by molar-refractivity contribution is 7.99. The first-order valence-electron chi connectivity index (χ1n) is 11.1.